The molecule has 0 radical (unpaired) electrons. The molecule has 0 fully saturated rings. The van der Waals surface area contributed by atoms with Crippen molar-refractivity contribution in [3.8, 4) is 22.3 Å². The van der Waals surface area contributed by atoms with Gasteiger partial charge in [0.25, 0.3) is 0 Å². The Morgan fingerprint density at radius 3 is 1.37 bits per heavy atom. The molecule has 0 bridgehead atoms. The molecule has 0 saturated carbocycles. The van der Waals surface area contributed by atoms with E-state index in [9.17, 15) is 4.89 Å². The van der Waals surface area contributed by atoms with E-state index in [1.807, 2.05) is 0 Å². The molecule has 1 atom stereocenters. The highest BCUT2D eigenvalue weighted by Crippen LogP contribution is 2.48. The smallest absolute Gasteiger partial charge is 0.384 e. The molecule has 0 aliphatic carbocycles. The summed E-state index contributed by atoms with van der Waals surface area (Å²) >= 11 is 0. The van der Waals surface area contributed by atoms with Crippen LogP contribution in [0.5, 0.6) is 0 Å². The van der Waals surface area contributed by atoms with Gasteiger partial charge in [0.05, 0.1) is 0 Å². The van der Waals surface area contributed by atoms with Crippen LogP contribution >= 0.6 is 8.24 Å². The second kappa shape index (κ2) is 15.7. The Kier molecular flexibility index (Phi) is 10.9. The first-order valence-corrected chi connectivity index (χ1v) is 20.8. The van der Waals surface area contributed by atoms with Gasteiger partial charge in [0.2, 0.25) is 0 Å². The van der Waals surface area contributed by atoms with Crippen LogP contribution in [-0.2, 0) is 32.1 Å². The molecule has 0 aliphatic rings. The van der Waals surface area contributed by atoms with E-state index in [0.717, 1.165) is 113 Å². The van der Waals surface area contributed by atoms with Crippen molar-refractivity contribution < 1.29 is 13.3 Å². The monoisotopic (exact) mass is 708 g/mol. The molecule has 1 N–H and O–H groups in total. The summed E-state index contributed by atoms with van der Waals surface area (Å²) in [5.41, 5.74) is 14.0. The molecule has 52 heavy (non-hydrogen) atoms. The van der Waals surface area contributed by atoms with Crippen molar-refractivity contribution in [2.45, 2.75) is 106 Å². The van der Waals surface area contributed by atoms with Crippen LogP contribution in [0, 0.1) is 6.92 Å². The summed E-state index contributed by atoms with van der Waals surface area (Å²) in [5, 5.41) is 6.48. The van der Waals surface area contributed by atoms with Crippen LogP contribution in [0.4, 0.5) is 0 Å². The predicted molar refractivity (Wildman–Crippen MR) is 225 cm³/mol. The maximum absolute atomic E-state index is 11.9. The molecule has 1 unspecified atom stereocenters. The summed E-state index contributed by atoms with van der Waals surface area (Å²) < 4.78 is 13.5. The number of benzene rings is 6. The Hall–Kier alpha value is -4.30. The second-order valence-corrected chi connectivity index (χ2v) is 15.4. The van der Waals surface area contributed by atoms with Gasteiger partial charge in [-0.1, -0.05) is 140 Å². The maximum Gasteiger partial charge on any atom is 0.384 e. The van der Waals surface area contributed by atoms with Crippen LogP contribution in [-0.4, -0.2) is 4.89 Å². The van der Waals surface area contributed by atoms with Crippen LogP contribution in [0.15, 0.2) is 93.3 Å². The molecule has 0 saturated heterocycles. The van der Waals surface area contributed by atoms with Gasteiger partial charge in [0, 0.05) is 21.9 Å². The van der Waals surface area contributed by atoms with Crippen molar-refractivity contribution in [1.29, 1.82) is 0 Å². The largest absolute Gasteiger partial charge is 0.398 e. The number of hydrogen-bond donors (Lipinski definition) is 1. The number of rotatable bonds is 12. The van der Waals surface area contributed by atoms with Crippen LogP contribution in [0.2, 0.25) is 0 Å². The predicted octanol–water partition coefficient (Wildman–Crippen LogP) is 14.8. The quantitative estimate of drug-likeness (QED) is 0.137. The first-order valence-electron chi connectivity index (χ1n) is 19.6. The first-order chi connectivity index (χ1) is 25.4. The molecular formula is C48H53O3P. The lowest BCUT2D eigenvalue weighted by atomic mass is 9.84. The van der Waals surface area contributed by atoms with Gasteiger partial charge in [-0.15, -0.1) is 0 Å². The molecule has 0 amide bonds. The number of aryl methyl sites for hydroxylation is 6. The van der Waals surface area contributed by atoms with Gasteiger partial charge in [-0.3, -0.25) is 4.89 Å². The lowest BCUT2D eigenvalue weighted by molar-refractivity contribution is 0.496. The van der Waals surface area contributed by atoms with E-state index in [1.54, 1.807) is 0 Å². The summed E-state index contributed by atoms with van der Waals surface area (Å²) in [6, 6.07) is 31.5. The van der Waals surface area contributed by atoms with E-state index in [-0.39, 0.29) is 0 Å². The van der Waals surface area contributed by atoms with E-state index < -0.39 is 8.24 Å². The molecule has 4 heteroatoms. The molecule has 1 heterocycles. The summed E-state index contributed by atoms with van der Waals surface area (Å²) in [5.74, 6) is 0. The summed E-state index contributed by atoms with van der Waals surface area (Å²) in [4.78, 5) is 11.9. The standard InChI is InChI=1S/C48H53O3P/c1-7-16-32-25-31(6)43(36(26-32)18-9-3)41-29-34-21-12-14-23-39(34)45-46-40-24-15-13-22-35(40)30-42(48(46)51-52(49)50-47(41)45)44-37(19-10-4)27-33(17-8-2)28-38(44)20-11-5/h12-15,21-30,49H,7-11,16-20H2,1-6H3. The molecular weight excluding hydrogens is 655 g/mol. The van der Waals surface area contributed by atoms with Gasteiger partial charge in [-0.2, -0.15) is 0 Å². The van der Waals surface area contributed by atoms with E-state index in [4.69, 9.17) is 8.39 Å². The molecule has 6 aromatic carbocycles. The van der Waals surface area contributed by atoms with Gasteiger partial charge >= 0.3 is 8.24 Å². The molecule has 1 aromatic heterocycles. The van der Waals surface area contributed by atoms with Gasteiger partial charge in [0.15, 0.2) is 11.2 Å². The average Bonchev–Trinajstić information content (AvgIpc) is 3.28. The second-order valence-electron chi connectivity index (χ2n) is 14.6. The molecule has 0 spiro atoms. The molecule has 268 valence electrons. The SMILES string of the molecule is CCCc1cc(C)c(-c2cc3ccccc3c3c2op(O)oc2c(-c4c(CCC)cc(CCC)cc4CCC)cc4ccccc4c23)c(CCC)c1. The molecule has 0 aliphatic heterocycles. The summed E-state index contributed by atoms with van der Waals surface area (Å²) in [6.07, 6.45) is 10.4. The van der Waals surface area contributed by atoms with Crippen molar-refractivity contribution in [1.82, 2.24) is 0 Å². The Morgan fingerprint density at radius 1 is 0.500 bits per heavy atom. The van der Waals surface area contributed by atoms with Crippen molar-refractivity contribution in [3.63, 3.8) is 0 Å². The minimum atomic E-state index is -2.30. The van der Waals surface area contributed by atoms with Gasteiger partial charge in [-0.05, 0) is 117 Å². The third-order valence-electron chi connectivity index (χ3n) is 10.6. The molecule has 7 rings (SSSR count). The maximum atomic E-state index is 11.9. The van der Waals surface area contributed by atoms with Crippen LogP contribution in [0.25, 0.3) is 65.7 Å². The first kappa shape index (κ1) is 36.1. The van der Waals surface area contributed by atoms with Crippen molar-refractivity contribution in [2.75, 3.05) is 0 Å². The Bertz CT molecular complexity index is 2420. The highest BCUT2D eigenvalue weighted by Gasteiger charge is 2.24. The van der Waals surface area contributed by atoms with Crippen LogP contribution < -0.4 is 0 Å². The number of hydrogen-bond acceptors (Lipinski definition) is 3. The zero-order valence-corrected chi connectivity index (χ0v) is 32.8. The van der Waals surface area contributed by atoms with Crippen LogP contribution in [0.3, 0.4) is 0 Å². The third kappa shape index (κ3) is 6.70. The third-order valence-corrected chi connectivity index (χ3v) is 11.3. The minimum Gasteiger partial charge on any atom is -0.398 e. The topological polar surface area (TPSA) is 46.5 Å². The zero-order valence-electron chi connectivity index (χ0n) is 31.9. The number of fused-ring (bicyclic) bond motifs is 7. The Labute approximate surface area is 310 Å². The average molecular weight is 709 g/mol. The van der Waals surface area contributed by atoms with Crippen molar-refractivity contribution >= 4 is 51.7 Å². The Balaban J connectivity index is 1.72. The van der Waals surface area contributed by atoms with Gasteiger partial charge in [-0.25, -0.2) is 0 Å². The Morgan fingerprint density at radius 2 is 0.904 bits per heavy atom. The fourth-order valence-electron chi connectivity index (χ4n) is 8.67. The summed E-state index contributed by atoms with van der Waals surface area (Å²) in [6.45, 7) is 13.5. The lowest BCUT2D eigenvalue weighted by Crippen LogP contribution is -2.01. The molecule has 3 nitrogen and oxygen atoms in total. The van der Waals surface area contributed by atoms with Gasteiger partial charge < -0.3 is 8.39 Å². The van der Waals surface area contributed by atoms with Gasteiger partial charge in [0.1, 0.15) is 0 Å². The van der Waals surface area contributed by atoms with Crippen LogP contribution in [0.1, 0.15) is 100 Å². The minimum absolute atomic E-state index is 0.706. The van der Waals surface area contributed by atoms with E-state index in [2.05, 4.69) is 126 Å². The summed E-state index contributed by atoms with van der Waals surface area (Å²) in [7, 11) is -2.30. The zero-order chi connectivity index (χ0) is 36.4. The lowest BCUT2D eigenvalue weighted by Gasteiger charge is -2.19. The fourth-order valence-corrected chi connectivity index (χ4v) is 9.40. The van der Waals surface area contributed by atoms with E-state index >= 15 is 0 Å². The normalized spacial score (nSPS) is 12.1. The highest BCUT2D eigenvalue weighted by atomic mass is 31.1. The van der Waals surface area contributed by atoms with E-state index in [1.165, 1.54) is 44.5 Å². The molecule has 7 aromatic rings. The van der Waals surface area contributed by atoms with Crippen molar-refractivity contribution in [2.24, 2.45) is 0 Å². The van der Waals surface area contributed by atoms with E-state index in [0.29, 0.717) is 5.58 Å². The highest BCUT2D eigenvalue weighted by molar-refractivity contribution is 7.30. The van der Waals surface area contributed by atoms with Crippen molar-refractivity contribution in [3.05, 3.63) is 118 Å². The fraction of sp³-hybridized carbons (Fsp3) is 0.333.